The van der Waals surface area contributed by atoms with Crippen LogP contribution in [0, 0.1) is 10.1 Å². The number of nitrogens with one attached hydrogen (secondary N) is 1. The highest BCUT2D eigenvalue weighted by Gasteiger charge is 2.18. The minimum absolute atomic E-state index is 0.172. The summed E-state index contributed by atoms with van der Waals surface area (Å²) < 4.78 is 25.6. The van der Waals surface area contributed by atoms with Gasteiger partial charge in [-0.2, -0.15) is 0 Å². The molecular weight excluding hydrogens is 244 g/mol. The summed E-state index contributed by atoms with van der Waals surface area (Å²) in [5.41, 5.74) is 0.0236. The number of rotatable bonds is 6. The Morgan fingerprint density at radius 2 is 2.00 bits per heavy atom. The van der Waals surface area contributed by atoms with Crippen LogP contribution in [-0.4, -0.2) is 19.9 Å². The van der Waals surface area contributed by atoms with Crippen molar-refractivity contribution in [2.24, 2.45) is 0 Å². The molecule has 1 aromatic rings. The molecule has 0 atom stereocenters. The maximum Gasteiger partial charge on any atom is 0.273 e. The fourth-order valence-corrected chi connectivity index (χ4v) is 2.60. The molecule has 0 spiro atoms. The Morgan fingerprint density at radius 1 is 1.35 bits per heavy atom. The summed E-state index contributed by atoms with van der Waals surface area (Å²) in [6, 6.07) is 5.83. The third kappa shape index (κ3) is 4.12. The topological polar surface area (TPSA) is 89.3 Å². The lowest BCUT2D eigenvalue weighted by Gasteiger charge is -2.05. The molecule has 0 amide bonds. The molecule has 0 heterocycles. The molecule has 1 aromatic carbocycles. The molecule has 0 radical (unpaired) electrons. The molecule has 0 saturated carbocycles. The van der Waals surface area contributed by atoms with Gasteiger partial charge in [0.15, 0.2) is 0 Å². The summed E-state index contributed by atoms with van der Waals surface area (Å²) in [6.07, 6.45) is 0.677. The minimum atomic E-state index is -3.51. The van der Waals surface area contributed by atoms with Crippen molar-refractivity contribution in [1.29, 1.82) is 0 Å². The molecule has 0 aliphatic carbocycles. The van der Waals surface area contributed by atoms with E-state index in [1.807, 2.05) is 6.92 Å². The van der Waals surface area contributed by atoms with E-state index in [4.69, 9.17) is 0 Å². The molecule has 0 saturated heterocycles. The summed E-state index contributed by atoms with van der Waals surface area (Å²) in [4.78, 5) is 10.1. The molecule has 1 N–H and O–H groups in total. The van der Waals surface area contributed by atoms with E-state index in [2.05, 4.69) is 4.72 Å². The first kappa shape index (κ1) is 13.6. The fourth-order valence-electron chi connectivity index (χ4n) is 1.32. The lowest BCUT2D eigenvalue weighted by molar-refractivity contribution is -0.385. The van der Waals surface area contributed by atoms with Gasteiger partial charge in [-0.25, -0.2) is 13.1 Å². The highest BCUT2D eigenvalue weighted by Crippen LogP contribution is 2.19. The van der Waals surface area contributed by atoms with Crippen LogP contribution >= 0.6 is 0 Å². The summed E-state index contributed by atoms with van der Waals surface area (Å²) in [6.45, 7) is 2.18. The number of hydrogen-bond acceptors (Lipinski definition) is 4. The van der Waals surface area contributed by atoms with Crippen molar-refractivity contribution < 1.29 is 13.3 Å². The zero-order chi connectivity index (χ0) is 12.9. The number of hydrogen-bond donors (Lipinski definition) is 1. The van der Waals surface area contributed by atoms with Crippen LogP contribution in [0.2, 0.25) is 0 Å². The van der Waals surface area contributed by atoms with Crippen molar-refractivity contribution in [3.63, 3.8) is 0 Å². The standard InChI is InChI=1S/C10H14N2O4S/c1-2-7-11-17(15,16)8-9-5-3-4-6-10(9)12(13)14/h3-6,11H,2,7-8H2,1H3. The maximum atomic E-state index is 11.6. The summed E-state index contributed by atoms with van der Waals surface area (Å²) in [5.74, 6) is -0.371. The van der Waals surface area contributed by atoms with Gasteiger partial charge in [-0.3, -0.25) is 10.1 Å². The van der Waals surface area contributed by atoms with Gasteiger partial charge in [-0.1, -0.05) is 25.1 Å². The summed E-state index contributed by atoms with van der Waals surface area (Å²) in [5, 5.41) is 10.7. The molecule has 17 heavy (non-hydrogen) atoms. The Morgan fingerprint density at radius 3 is 2.59 bits per heavy atom. The van der Waals surface area contributed by atoms with Crippen LogP contribution in [0.15, 0.2) is 24.3 Å². The number of nitro benzene ring substituents is 1. The van der Waals surface area contributed by atoms with Crippen LogP contribution in [0.4, 0.5) is 5.69 Å². The number of nitrogens with zero attached hydrogens (tertiary/aromatic N) is 1. The highest BCUT2D eigenvalue weighted by atomic mass is 32.2. The zero-order valence-corrected chi connectivity index (χ0v) is 10.2. The van der Waals surface area contributed by atoms with Gasteiger partial charge in [0.05, 0.1) is 10.7 Å². The van der Waals surface area contributed by atoms with Gasteiger partial charge in [0.25, 0.3) is 5.69 Å². The van der Waals surface area contributed by atoms with E-state index < -0.39 is 14.9 Å². The first-order chi connectivity index (χ1) is 7.96. The highest BCUT2D eigenvalue weighted by molar-refractivity contribution is 7.88. The number of para-hydroxylation sites is 1. The molecular formula is C10H14N2O4S. The molecule has 0 aliphatic rings. The van der Waals surface area contributed by atoms with Gasteiger partial charge in [-0.15, -0.1) is 0 Å². The molecule has 0 bridgehead atoms. The maximum absolute atomic E-state index is 11.6. The number of sulfonamides is 1. The Balaban J connectivity index is 2.92. The van der Waals surface area contributed by atoms with Gasteiger partial charge in [-0.05, 0) is 6.42 Å². The SMILES string of the molecule is CCCNS(=O)(=O)Cc1ccccc1[N+](=O)[O-]. The van der Waals surface area contributed by atoms with Crippen LogP contribution in [0.5, 0.6) is 0 Å². The smallest absolute Gasteiger partial charge is 0.258 e. The fraction of sp³-hybridized carbons (Fsp3) is 0.400. The van der Waals surface area contributed by atoms with Crippen molar-refractivity contribution in [3.8, 4) is 0 Å². The van der Waals surface area contributed by atoms with Crippen LogP contribution in [0.1, 0.15) is 18.9 Å². The van der Waals surface area contributed by atoms with E-state index in [0.29, 0.717) is 13.0 Å². The van der Waals surface area contributed by atoms with Crippen LogP contribution in [-0.2, 0) is 15.8 Å². The average molecular weight is 258 g/mol. The molecule has 0 aromatic heterocycles. The Kier molecular flexibility index (Phi) is 4.59. The first-order valence-corrected chi connectivity index (χ1v) is 6.81. The third-order valence-electron chi connectivity index (χ3n) is 2.11. The van der Waals surface area contributed by atoms with E-state index in [1.165, 1.54) is 18.2 Å². The van der Waals surface area contributed by atoms with E-state index in [-0.39, 0.29) is 17.0 Å². The average Bonchev–Trinajstić information content (AvgIpc) is 2.26. The van der Waals surface area contributed by atoms with Gasteiger partial charge in [0, 0.05) is 18.2 Å². The van der Waals surface area contributed by atoms with Crippen molar-refractivity contribution in [2.45, 2.75) is 19.1 Å². The minimum Gasteiger partial charge on any atom is -0.258 e. The Bertz CT molecular complexity index is 499. The van der Waals surface area contributed by atoms with Crippen molar-refractivity contribution in [3.05, 3.63) is 39.9 Å². The van der Waals surface area contributed by atoms with Crippen molar-refractivity contribution in [2.75, 3.05) is 6.54 Å². The normalized spacial score (nSPS) is 11.4. The van der Waals surface area contributed by atoms with E-state index in [9.17, 15) is 18.5 Å². The molecule has 0 aliphatic heterocycles. The third-order valence-corrected chi connectivity index (χ3v) is 3.44. The molecule has 1 rings (SSSR count). The second-order valence-corrected chi connectivity index (χ2v) is 5.35. The second-order valence-electron chi connectivity index (χ2n) is 3.54. The molecule has 94 valence electrons. The van der Waals surface area contributed by atoms with Crippen LogP contribution in [0.3, 0.4) is 0 Å². The van der Waals surface area contributed by atoms with Gasteiger partial charge in [0.2, 0.25) is 10.0 Å². The molecule has 0 fully saturated rings. The molecule has 7 heteroatoms. The second kappa shape index (κ2) is 5.74. The molecule has 0 unspecified atom stereocenters. The first-order valence-electron chi connectivity index (χ1n) is 5.16. The quantitative estimate of drug-likeness (QED) is 0.617. The van der Waals surface area contributed by atoms with E-state index in [0.717, 1.165) is 0 Å². The Hall–Kier alpha value is -1.47. The van der Waals surface area contributed by atoms with Crippen LogP contribution < -0.4 is 4.72 Å². The van der Waals surface area contributed by atoms with Gasteiger partial charge in [0.1, 0.15) is 0 Å². The predicted octanol–water partition coefficient (Wildman–Crippen LogP) is 1.42. The van der Waals surface area contributed by atoms with Gasteiger partial charge < -0.3 is 0 Å². The molecule has 6 nitrogen and oxygen atoms in total. The van der Waals surface area contributed by atoms with Gasteiger partial charge >= 0.3 is 0 Å². The lowest BCUT2D eigenvalue weighted by atomic mass is 10.2. The van der Waals surface area contributed by atoms with Crippen LogP contribution in [0.25, 0.3) is 0 Å². The van der Waals surface area contributed by atoms with E-state index >= 15 is 0 Å². The predicted molar refractivity (Wildman–Crippen MR) is 64.0 cm³/mol. The zero-order valence-electron chi connectivity index (χ0n) is 9.42. The number of benzene rings is 1. The summed E-state index contributed by atoms with van der Waals surface area (Å²) in [7, 11) is -3.51. The largest absolute Gasteiger partial charge is 0.273 e. The monoisotopic (exact) mass is 258 g/mol. The van der Waals surface area contributed by atoms with Crippen molar-refractivity contribution in [1.82, 2.24) is 4.72 Å². The number of nitro groups is 1. The van der Waals surface area contributed by atoms with Crippen molar-refractivity contribution >= 4 is 15.7 Å². The lowest BCUT2D eigenvalue weighted by Crippen LogP contribution is -2.26. The summed E-state index contributed by atoms with van der Waals surface area (Å²) >= 11 is 0. The van der Waals surface area contributed by atoms with E-state index in [1.54, 1.807) is 6.07 Å². The Labute approximate surface area is 99.9 Å².